The van der Waals surface area contributed by atoms with Crippen molar-refractivity contribution in [2.45, 2.75) is 19.1 Å². The molecule has 0 bridgehead atoms. The third-order valence-electron chi connectivity index (χ3n) is 3.14. The van der Waals surface area contributed by atoms with E-state index in [1.165, 1.54) is 6.92 Å². The molecular formula is C16H18N2O3. The molecule has 0 saturated heterocycles. The Morgan fingerprint density at radius 3 is 2.48 bits per heavy atom. The predicted molar refractivity (Wildman–Crippen MR) is 79.3 cm³/mol. The van der Waals surface area contributed by atoms with Crippen molar-refractivity contribution in [2.24, 2.45) is 0 Å². The summed E-state index contributed by atoms with van der Waals surface area (Å²) in [5.74, 6) is -0.244. The SMILES string of the molecule is CC(=O)NCC(O)C(O)c1ccc(-c2ccccn2)cc1. The lowest BCUT2D eigenvalue weighted by Crippen LogP contribution is -2.34. The van der Waals surface area contributed by atoms with Crippen molar-refractivity contribution in [3.05, 3.63) is 54.2 Å². The molecule has 2 unspecified atom stereocenters. The number of hydrogen-bond acceptors (Lipinski definition) is 4. The lowest BCUT2D eigenvalue weighted by molar-refractivity contribution is -0.119. The fraction of sp³-hybridized carbons (Fsp3) is 0.250. The molecule has 0 fully saturated rings. The number of aliphatic hydroxyl groups is 2. The second kappa shape index (κ2) is 6.97. The zero-order valence-corrected chi connectivity index (χ0v) is 11.7. The quantitative estimate of drug-likeness (QED) is 0.773. The van der Waals surface area contributed by atoms with Crippen LogP contribution in [0.1, 0.15) is 18.6 Å². The molecular weight excluding hydrogens is 268 g/mol. The molecule has 5 heteroatoms. The van der Waals surface area contributed by atoms with Gasteiger partial charge in [-0.1, -0.05) is 30.3 Å². The highest BCUT2D eigenvalue weighted by Crippen LogP contribution is 2.21. The summed E-state index contributed by atoms with van der Waals surface area (Å²) in [6.07, 6.45) is -0.376. The van der Waals surface area contributed by atoms with E-state index in [1.807, 2.05) is 30.3 Å². The summed E-state index contributed by atoms with van der Waals surface area (Å²) in [5.41, 5.74) is 2.37. The summed E-state index contributed by atoms with van der Waals surface area (Å²) in [6, 6.07) is 12.8. The summed E-state index contributed by atoms with van der Waals surface area (Å²) in [6.45, 7) is 1.37. The van der Waals surface area contributed by atoms with E-state index < -0.39 is 12.2 Å². The third kappa shape index (κ3) is 4.11. The van der Waals surface area contributed by atoms with Crippen LogP contribution < -0.4 is 5.32 Å². The van der Waals surface area contributed by atoms with Crippen LogP contribution >= 0.6 is 0 Å². The van der Waals surface area contributed by atoms with Gasteiger partial charge in [0.05, 0.1) is 5.69 Å². The number of aliphatic hydroxyl groups excluding tert-OH is 2. The fourth-order valence-corrected chi connectivity index (χ4v) is 1.97. The molecule has 110 valence electrons. The van der Waals surface area contributed by atoms with E-state index in [9.17, 15) is 15.0 Å². The zero-order valence-electron chi connectivity index (χ0n) is 11.7. The van der Waals surface area contributed by atoms with E-state index in [0.717, 1.165) is 11.3 Å². The summed E-state index contributed by atoms with van der Waals surface area (Å²) in [7, 11) is 0. The van der Waals surface area contributed by atoms with E-state index in [-0.39, 0.29) is 12.5 Å². The molecule has 1 amide bonds. The Balaban J connectivity index is 2.06. The summed E-state index contributed by atoms with van der Waals surface area (Å²) in [5, 5.41) is 22.3. The number of benzene rings is 1. The molecule has 0 aliphatic carbocycles. The van der Waals surface area contributed by atoms with Crippen molar-refractivity contribution >= 4 is 5.91 Å². The highest BCUT2D eigenvalue weighted by atomic mass is 16.3. The molecule has 0 aliphatic heterocycles. The average molecular weight is 286 g/mol. The Kier molecular flexibility index (Phi) is 5.03. The number of pyridine rings is 1. The molecule has 5 nitrogen and oxygen atoms in total. The Bertz CT molecular complexity index is 584. The molecule has 0 aliphatic rings. The van der Waals surface area contributed by atoms with Gasteiger partial charge in [-0.25, -0.2) is 0 Å². The van der Waals surface area contributed by atoms with E-state index in [1.54, 1.807) is 18.3 Å². The molecule has 0 saturated carbocycles. The third-order valence-corrected chi connectivity index (χ3v) is 3.14. The van der Waals surface area contributed by atoms with E-state index >= 15 is 0 Å². The van der Waals surface area contributed by atoms with Gasteiger partial charge in [-0.05, 0) is 17.7 Å². The van der Waals surface area contributed by atoms with Gasteiger partial charge in [-0.3, -0.25) is 9.78 Å². The van der Waals surface area contributed by atoms with Crippen LogP contribution in [0, 0.1) is 0 Å². The van der Waals surface area contributed by atoms with Crippen LogP contribution in [0.15, 0.2) is 48.7 Å². The molecule has 3 N–H and O–H groups in total. The van der Waals surface area contributed by atoms with Crippen molar-refractivity contribution < 1.29 is 15.0 Å². The topological polar surface area (TPSA) is 82.5 Å². The van der Waals surface area contributed by atoms with Gasteiger partial charge >= 0.3 is 0 Å². The normalized spacial score (nSPS) is 13.5. The number of carbonyl (C=O) groups excluding carboxylic acids is 1. The number of nitrogens with one attached hydrogen (secondary N) is 1. The van der Waals surface area contributed by atoms with Crippen molar-refractivity contribution in [2.75, 3.05) is 6.54 Å². The maximum absolute atomic E-state index is 10.8. The largest absolute Gasteiger partial charge is 0.388 e. The van der Waals surface area contributed by atoms with Gasteiger partial charge in [0.2, 0.25) is 5.91 Å². The standard InChI is InChI=1S/C16H18N2O3/c1-11(19)18-10-15(20)16(21)13-7-5-12(6-8-13)14-4-2-3-9-17-14/h2-9,15-16,20-21H,10H2,1H3,(H,18,19). The smallest absolute Gasteiger partial charge is 0.216 e. The fourth-order valence-electron chi connectivity index (χ4n) is 1.97. The monoisotopic (exact) mass is 286 g/mol. The lowest BCUT2D eigenvalue weighted by atomic mass is 10.0. The summed E-state index contributed by atoms with van der Waals surface area (Å²) >= 11 is 0. The number of rotatable bonds is 5. The highest BCUT2D eigenvalue weighted by Gasteiger charge is 2.18. The van der Waals surface area contributed by atoms with Gasteiger partial charge in [-0.15, -0.1) is 0 Å². The molecule has 2 aromatic rings. The van der Waals surface area contributed by atoms with E-state index in [2.05, 4.69) is 10.3 Å². The molecule has 2 rings (SSSR count). The Labute approximate surface area is 123 Å². The van der Waals surface area contributed by atoms with Gasteiger partial charge in [0.1, 0.15) is 12.2 Å². The molecule has 1 heterocycles. The first-order valence-corrected chi connectivity index (χ1v) is 6.70. The van der Waals surface area contributed by atoms with Gasteiger partial charge in [0.25, 0.3) is 0 Å². The first-order chi connectivity index (χ1) is 10.1. The molecule has 21 heavy (non-hydrogen) atoms. The maximum atomic E-state index is 10.8. The number of aromatic nitrogens is 1. The molecule has 1 aromatic heterocycles. The van der Waals surface area contributed by atoms with Crippen LogP contribution in [0.2, 0.25) is 0 Å². The van der Waals surface area contributed by atoms with Crippen molar-refractivity contribution in [3.63, 3.8) is 0 Å². The van der Waals surface area contributed by atoms with Gasteiger partial charge < -0.3 is 15.5 Å². The van der Waals surface area contributed by atoms with E-state index in [4.69, 9.17) is 0 Å². The molecule has 1 aromatic carbocycles. The van der Waals surface area contributed by atoms with Crippen molar-refractivity contribution in [1.29, 1.82) is 0 Å². The van der Waals surface area contributed by atoms with Crippen LogP contribution in [0.3, 0.4) is 0 Å². The minimum Gasteiger partial charge on any atom is -0.388 e. The highest BCUT2D eigenvalue weighted by molar-refractivity contribution is 5.72. The van der Waals surface area contributed by atoms with Crippen LogP contribution in [0.4, 0.5) is 0 Å². The van der Waals surface area contributed by atoms with Gasteiger partial charge in [0.15, 0.2) is 0 Å². The van der Waals surface area contributed by atoms with Crippen LogP contribution in [0.5, 0.6) is 0 Å². The number of carbonyl (C=O) groups is 1. The van der Waals surface area contributed by atoms with Crippen molar-refractivity contribution in [1.82, 2.24) is 10.3 Å². The first-order valence-electron chi connectivity index (χ1n) is 6.70. The van der Waals surface area contributed by atoms with Gasteiger partial charge in [0, 0.05) is 25.2 Å². The minimum absolute atomic E-state index is 0.0124. The van der Waals surface area contributed by atoms with Gasteiger partial charge in [-0.2, -0.15) is 0 Å². The second-order valence-electron chi connectivity index (χ2n) is 4.79. The maximum Gasteiger partial charge on any atom is 0.216 e. The van der Waals surface area contributed by atoms with Crippen LogP contribution in [-0.2, 0) is 4.79 Å². The number of amides is 1. The van der Waals surface area contributed by atoms with Crippen LogP contribution in [0.25, 0.3) is 11.3 Å². The Morgan fingerprint density at radius 2 is 1.90 bits per heavy atom. The number of nitrogens with zero attached hydrogens (tertiary/aromatic N) is 1. The van der Waals surface area contributed by atoms with E-state index in [0.29, 0.717) is 5.56 Å². The second-order valence-corrected chi connectivity index (χ2v) is 4.79. The molecule has 0 radical (unpaired) electrons. The lowest BCUT2D eigenvalue weighted by Gasteiger charge is -2.18. The Hall–Kier alpha value is -2.24. The summed E-state index contributed by atoms with van der Waals surface area (Å²) in [4.78, 5) is 15.0. The zero-order chi connectivity index (χ0) is 15.2. The first kappa shape index (κ1) is 15.2. The number of hydrogen-bond donors (Lipinski definition) is 3. The minimum atomic E-state index is -1.05. The van der Waals surface area contributed by atoms with Crippen molar-refractivity contribution in [3.8, 4) is 11.3 Å². The molecule has 2 atom stereocenters. The Morgan fingerprint density at radius 1 is 1.19 bits per heavy atom. The summed E-state index contributed by atoms with van der Waals surface area (Å²) < 4.78 is 0. The average Bonchev–Trinajstić information content (AvgIpc) is 2.53. The molecule has 0 spiro atoms. The van der Waals surface area contributed by atoms with Crippen LogP contribution in [-0.4, -0.2) is 33.8 Å². The predicted octanol–water partition coefficient (Wildman–Crippen LogP) is 1.28.